The largest absolute Gasteiger partial charge is 0.324 e. The van der Waals surface area contributed by atoms with E-state index in [2.05, 4.69) is 5.32 Å². The number of nitrogens with two attached hydrogens (primary N) is 2. The summed E-state index contributed by atoms with van der Waals surface area (Å²) in [7, 11) is -3.83. The number of sulfonamides is 1. The van der Waals surface area contributed by atoms with Crippen LogP contribution in [0.25, 0.3) is 0 Å². The number of amides is 1. The lowest BCUT2D eigenvalue weighted by molar-refractivity contribution is -0.121. The zero-order valence-electron chi connectivity index (χ0n) is 12.9. The van der Waals surface area contributed by atoms with Gasteiger partial charge in [0.15, 0.2) is 0 Å². The molecule has 1 aromatic carbocycles. The van der Waals surface area contributed by atoms with Crippen molar-refractivity contribution in [2.45, 2.75) is 51.0 Å². The molecular formula is C14H23N3O3S. The highest BCUT2D eigenvalue weighted by atomic mass is 32.2. The van der Waals surface area contributed by atoms with Gasteiger partial charge in [-0.3, -0.25) is 4.79 Å². The van der Waals surface area contributed by atoms with E-state index in [4.69, 9.17) is 10.9 Å². The zero-order chi connectivity index (χ0) is 16.4. The number of carbonyl (C=O) groups excluding carboxylic acids is 1. The highest BCUT2D eigenvalue weighted by Gasteiger charge is 2.30. The topological polar surface area (TPSA) is 115 Å². The molecule has 0 fully saturated rings. The second-order valence-corrected chi connectivity index (χ2v) is 6.84. The maximum absolute atomic E-state index is 12.3. The van der Waals surface area contributed by atoms with Crippen molar-refractivity contribution in [3.05, 3.63) is 23.3 Å². The Morgan fingerprint density at radius 2 is 1.76 bits per heavy atom. The fourth-order valence-electron chi connectivity index (χ4n) is 1.94. The lowest BCUT2D eigenvalue weighted by Gasteiger charge is -2.26. The monoisotopic (exact) mass is 313 g/mol. The first-order chi connectivity index (χ1) is 9.55. The second kappa shape index (κ2) is 6.13. The van der Waals surface area contributed by atoms with Gasteiger partial charge in [0.25, 0.3) is 0 Å². The molecule has 0 aromatic heterocycles. The predicted molar refractivity (Wildman–Crippen MR) is 83.4 cm³/mol. The van der Waals surface area contributed by atoms with Crippen molar-refractivity contribution in [2.75, 3.05) is 5.32 Å². The first kappa shape index (κ1) is 17.6. The Morgan fingerprint density at radius 1 is 1.24 bits per heavy atom. The minimum atomic E-state index is -3.83. The average molecular weight is 313 g/mol. The number of hydrogen-bond acceptors (Lipinski definition) is 4. The van der Waals surface area contributed by atoms with Gasteiger partial charge in [-0.1, -0.05) is 13.8 Å². The van der Waals surface area contributed by atoms with Crippen LogP contribution in [-0.4, -0.2) is 19.9 Å². The van der Waals surface area contributed by atoms with E-state index in [0.717, 1.165) is 11.1 Å². The van der Waals surface area contributed by atoms with Crippen LogP contribution in [0.2, 0.25) is 0 Å². The van der Waals surface area contributed by atoms with Crippen molar-refractivity contribution in [3.8, 4) is 0 Å². The van der Waals surface area contributed by atoms with Gasteiger partial charge in [0.1, 0.15) is 0 Å². The molecule has 1 amide bonds. The smallest absolute Gasteiger partial charge is 0.244 e. The van der Waals surface area contributed by atoms with Crippen molar-refractivity contribution in [3.63, 3.8) is 0 Å². The molecule has 118 valence electrons. The van der Waals surface area contributed by atoms with Crippen LogP contribution in [0.4, 0.5) is 5.69 Å². The van der Waals surface area contributed by atoms with Crippen molar-refractivity contribution in [2.24, 2.45) is 10.9 Å². The van der Waals surface area contributed by atoms with Crippen molar-refractivity contribution in [1.82, 2.24) is 0 Å². The summed E-state index contributed by atoms with van der Waals surface area (Å²) in [6.45, 7) is 7.23. The van der Waals surface area contributed by atoms with Crippen molar-refractivity contribution in [1.29, 1.82) is 0 Å². The standard InChI is InChI=1S/C14H23N3O3S/c1-5-14(15,6-2)13(18)17-12-8-11(21(16,19)20)7-9(3)10(12)4/h7-8H,5-6,15H2,1-4H3,(H,17,18)(H2,16,19,20). The van der Waals surface area contributed by atoms with Gasteiger partial charge in [0, 0.05) is 5.69 Å². The Balaban J connectivity index is 3.26. The van der Waals surface area contributed by atoms with Gasteiger partial charge >= 0.3 is 0 Å². The van der Waals surface area contributed by atoms with E-state index in [-0.39, 0.29) is 10.8 Å². The predicted octanol–water partition coefficient (Wildman–Crippen LogP) is 1.41. The maximum atomic E-state index is 12.3. The van der Waals surface area contributed by atoms with Crippen LogP contribution in [-0.2, 0) is 14.8 Å². The highest BCUT2D eigenvalue weighted by Crippen LogP contribution is 2.25. The second-order valence-electron chi connectivity index (χ2n) is 5.28. The lowest BCUT2D eigenvalue weighted by Crippen LogP contribution is -2.50. The SMILES string of the molecule is CCC(N)(CC)C(=O)Nc1cc(S(N)(=O)=O)cc(C)c1C. The molecule has 5 N–H and O–H groups in total. The fourth-order valence-corrected chi connectivity index (χ4v) is 2.56. The molecule has 21 heavy (non-hydrogen) atoms. The Hall–Kier alpha value is -1.44. The minimum absolute atomic E-state index is 0.0310. The molecule has 0 unspecified atom stereocenters. The van der Waals surface area contributed by atoms with Crippen molar-refractivity contribution >= 4 is 21.6 Å². The van der Waals surface area contributed by atoms with E-state index >= 15 is 0 Å². The number of primary sulfonamides is 1. The van der Waals surface area contributed by atoms with Gasteiger partial charge in [-0.25, -0.2) is 13.6 Å². The van der Waals surface area contributed by atoms with Crippen LogP contribution in [0.5, 0.6) is 0 Å². The van der Waals surface area contributed by atoms with E-state index in [1.54, 1.807) is 13.8 Å². The summed E-state index contributed by atoms with van der Waals surface area (Å²) in [5.74, 6) is -0.332. The van der Waals surface area contributed by atoms with Crippen LogP contribution in [0.3, 0.4) is 0 Å². The van der Waals surface area contributed by atoms with Crippen LogP contribution in [0, 0.1) is 13.8 Å². The molecule has 7 heteroatoms. The summed E-state index contributed by atoms with van der Waals surface area (Å²) in [4.78, 5) is 12.3. The van der Waals surface area contributed by atoms with E-state index in [1.165, 1.54) is 12.1 Å². The Morgan fingerprint density at radius 3 is 2.19 bits per heavy atom. The summed E-state index contributed by atoms with van der Waals surface area (Å²) < 4.78 is 23.0. The average Bonchev–Trinajstić information content (AvgIpc) is 2.41. The summed E-state index contributed by atoms with van der Waals surface area (Å²) in [5, 5.41) is 7.87. The van der Waals surface area contributed by atoms with E-state index in [9.17, 15) is 13.2 Å². The zero-order valence-corrected chi connectivity index (χ0v) is 13.7. The number of hydrogen-bond donors (Lipinski definition) is 3. The molecule has 1 rings (SSSR count). The van der Waals surface area contributed by atoms with Crippen LogP contribution >= 0.6 is 0 Å². The highest BCUT2D eigenvalue weighted by molar-refractivity contribution is 7.89. The lowest BCUT2D eigenvalue weighted by atomic mass is 9.93. The van der Waals surface area contributed by atoms with Crippen LogP contribution in [0.1, 0.15) is 37.8 Å². The fraction of sp³-hybridized carbons (Fsp3) is 0.500. The van der Waals surface area contributed by atoms with E-state index in [0.29, 0.717) is 18.5 Å². The summed E-state index contributed by atoms with van der Waals surface area (Å²) in [5.41, 5.74) is 7.00. The van der Waals surface area contributed by atoms with E-state index in [1.807, 2.05) is 13.8 Å². The van der Waals surface area contributed by atoms with Gasteiger partial charge in [-0.05, 0) is 49.9 Å². The number of carbonyl (C=O) groups is 1. The van der Waals surface area contributed by atoms with E-state index < -0.39 is 15.6 Å². The molecule has 0 aliphatic carbocycles. The third-order valence-corrected chi connectivity index (χ3v) is 4.82. The molecule has 0 aliphatic heterocycles. The molecule has 0 spiro atoms. The molecule has 0 saturated heterocycles. The number of nitrogens with one attached hydrogen (secondary N) is 1. The molecular weight excluding hydrogens is 290 g/mol. The summed E-state index contributed by atoms with van der Waals surface area (Å²) in [6, 6.07) is 2.84. The minimum Gasteiger partial charge on any atom is -0.324 e. The molecule has 6 nitrogen and oxygen atoms in total. The van der Waals surface area contributed by atoms with Crippen molar-refractivity contribution < 1.29 is 13.2 Å². The van der Waals surface area contributed by atoms with Gasteiger partial charge in [0.2, 0.25) is 15.9 Å². The molecule has 0 saturated carbocycles. The number of benzene rings is 1. The maximum Gasteiger partial charge on any atom is 0.244 e. The molecule has 0 bridgehead atoms. The Bertz CT molecular complexity index is 650. The molecule has 0 heterocycles. The number of rotatable bonds is 5. The first-order valence-electron chi connectivity index (χ1n) is 6.79. The number of aryl methyl sites for hydroxylation is 1. The Kier molecular flexibility index (Phi) is 5.14. The molecule has 1 aromatic rings. The van der Waals surface area contributed by atoms with Gasteiger partial charge in [0.05, 0.1) is 10.4 Å². The molecule has 0 atom stereocenters. The summed E-state index contributed by atoms with van der Waals surface area (Å²) in [6.07, 6.45) is 0.977. The summed E-state index contributed by atoms with van der Waals surface area (Å²) >= 11 is 0. The molecule has 0 radical (unpaired) electrons. The molecule has 0 aliphatic rings. The Labute approximate surface area is 126 Å². The third-order valence-electron chi connectivity index (χ3n) is 3.93. The third kappa shape index (κ3) is 3.81. The first-order valence-corrected chi connectivity index (χ1v) is 8.34. The van der Waals surface area contributed by atoms with Crippen LogP contribution < -0.4 is 16.2 Å². The van der Waals surface area contributed by atoms with Gasteiger partial charge in [-0.15, -0.1) is 0 Å². The number of anilines is 1. The quantitative estimate of drug-likeness (QED) is 0.762. The van der Waals surface area contributed by atoms with Crippen LogP contribution in [0.15, 0.2) is 17.0 Å². The normalized spacial score (nSPS) is 12.3. The van der Waals surface area contributed by atoms with Gasteiger partial charge in [-0.2, -0.15) is 0 Å². The van der Waals surface area contributed by atoms with Gasteiger partial charge < -0.3 is 11.1 Å².